The number of ether oxygens (including phenoxy) is 2. The van der Waals surface area contributed by atoms with E-state index in [-0.39, 0.29) is 5.82 Å². The summed E-state index contributed by atoms with van der Waals surface area (Å²) in [6.45, 7) is 2.52. The van der Waals surface area contributed by atoms with Crippen molar-refractivity contribution in [3.63, 3.8) is 0 Å². The average molecular weight is 382 g/mol. The van der Waals surface area contributed by atoms with Crippen LogP contribution in [0.25, 0.3) is 11.1 Å². The molecule has 4 rings (SSSR count). The number of methoxy groups -OCH3 is 1. The van der Waals surface area contributed by atoms with E-state index in [2.05, 4.69) is 25.5 Å². The molecule has 0 amide bonds. The van der Waals surface area contributed by atoms with Crippen LogP contribution in [0.4, 0.5) is 22.0 Å². The molecule has 8 nitrogen and oxygen atoms in total. The largest absolute Gasteiger partial charge is 0.497 e. The molecule has 1 aliphatic rings. The monoisotopic (exact) mass is 382 g/mol. The van der Waals surface area contributed by atoms with Crippen LogP contribution in [0, 0.1) is 5.82 Å². The molecule has 2 aromatic heterocycles. The first kappa shape index (κ1) is 18.1. The Morgan fingerprint density at radius 3 is 2.64 bits per heavy atom. The molecule has 9 heteroatoms. The van der Waals surface area contributed by atoms with Crippen molar-refractivity contribution in [1.82, 2.24) is 20.2 Å². The SMILES string of the molecule is COc1ccc(-c2cnnc(Nc3nc(N4CCOCC4)ncc3F)c2)cc1. The first-order valence-electron chi connectivity index (χ1n) is 8.82. The lowest BCUT2D eigenvalue weighted by molar-refractivity contribution is 0.122. The zero-order valence-electron chi connectivity index (χ0n) is 15.3. The molecule has 0 bridgehead atoms. The highest BCUT2D eigenvalue weighted by molar-refractivity contribution is 5.67. The summed E-state index contributed by atoms with van der Waals surface area (Å²) < 4.78 is 24.7. The van der Waals surface area contributed by atoms with Crippen molar-refractivity contribution >= 4 is 17.6 Å². The highest BCUT2D eigenvalue weighted by atomic mass is 19.1. The molecule has 1 fully saturated rings. The van der Waals surface area contributed by atoms with Gasteiger partial charge in [-0.15, -0.1) is 5.10 Å². The Bertz CT molecular complexity index is 947. The average Bonchev–Trinajstić information content (AvgIpc) is 2.76. The molecule has 1 saturated heterocycles. The number of nitrogens with one attached hydrogen (secondary N) is 1. The van der Waals surface area contributed by atoms with E-state index in [1.54, 1.807) is 19.4 Å². The molecule has 1 N–H and O–H groups in total. The minimum absolute atomic E-state index is 0.0534. The molecule has 0 unspecified atom stereocenters. The lowest BCUT2D eigenvalue weighted by Crippen LogP contribution is -2.37. The van der Waals surface area contributed by atoms with Crippen LogP contribution in [0.3, 0.4) is 0 Å². The highest BCUT2D eigenvalue weighted by Gasteiger charge is 2.16. The van der Waals surface area contributed by atoms with Gasteiger partial charge in [0, 0.05) is 18.7 Å². The van der Waals surface area contributed by atoms with Crippen LogP contribution in [0.1, 0.15) is 0 Å². The van der Waals surface area contributed by atoms with E-state index in [4.69, 9.17) is 9.47 Å². The second-order valence-electron chi connectivity index (χ2n) is 6.15. The fourth-order valence-corrected chi connectivity index (χ4v) is 2.85. The Kier molecular flexibility index (Phi) is 5.24. The first-order valence-corrected chi connectivity index (χ1v) is 8.82. The molecule has 1 aromatic carbocycles. The van der Waals surface area contributed by atoms with Crippen molar-refractivity contribution in [3.8, 4) is 16.9 Å². The molecular weight excluding hydrogens is 363 g/mol. The minimum Gasteiger partial charge on any atom is -0.497 e. The highest BCUT2D eigenvalue weighted by Crippen LogP contribution is 2.25. The Morgan fingerprint density at radius 2 is 1.89 bits per heavy atom. The van der Waals surface area contributed by atoms with Crippen LogP contribution in [0.2, 0.25) is 0 Å². The van der Waals surface area contributed by atoms with Gasteiger partial charge in [-0.05, 0) is 23.8 Å². The van der Waals surface area contributed by atoms with Gasteiger partial charge in [-0.1, -0.05) is 12.1 Å². The van der Waals surface area contributed by atoms with Crippen molar-refractivity contribution in [2.24, 2.45) is 0 Å². The lowest BCUT2D eigenvalue weighted by Gasteiger charge is -2.26. The maximum absolute atomic E-state index is 14.2. The predicted molar refractivity (Wildman–Crippen MR) is 102 cm³/mol. The van der Waals surface area contributed by atoms with E-state index in [1.165, 1.54) is 0 Å². The van der Waals surface area contributed by atoms with E-state index in [1.807, 2.05) is 29.2 Å². The molecule has 3 heterocycles. The van der Waals surface area contributed by atoms with Gasteiger partial charge in [-0.2, -0.15) is 10.1 Å². The third-order valence-corrected chi connectivity index (χ3v) is 4.35. The number of hydrogen-bond donors (Lipinski definition) is 1. The number of aromatic nitrogens is 4. The van der Waals surface area contributed by atoms with Crippen LogP contribution in [0.15, 0.2) is 42.7 Å². The Balaban J connectivity index is 1.57. The summed E-state index contributed by atoms with van der Waals surface area (Å²) in [5.74, 6) is 1.10. The molecule has 28 heavy (non-hydrogen) atoms. The van der Waals surface area contributed by atoms with Gasteiger partial charge < -0.3 is 19.7 Å². The second-order valence-corrected chi connectivity index (χ2v) is 6.15. The molecule has 0 aliphatic carbocycles. The molecule has 144 valence electrons. The Labute approximate surface area is 161 Å². The minimum atomic E-state index is -0.561. The van der Waals surface area contributed by atoms with Crippen LogP contribution in [-0.2, 0) is 4.74 Å². The Morgan fingerprint density at radius 1 is 1.11 bits per heavy atom. The number of morpholine rings is 1. The van der Waals surface area contributed by atoms with Gasteiger partial charge in [0.2, 0.25) is 5.95 Å². The maximum Gasteiger partial charge on any atom is 0.227 e. The summed E-state index contributed by atoms with van der Waals surface area (Å²) >= 11 is 0. The lowest BCUT2D eigenvalue weighted by atomic mass is 10.1. The van der Waals surface area contributed by atoms with Gasteiger partial charge in [0.15, 0.2) is 17.5 Å². The van der Waals surface area contributed by atoms with E-state index in [9.17, 15) is 4.39 Å². The number of benzene rings is 1. The Hall–Kier alpha value is -3.33. The number of hydrogen-bond acceptors (Lipinski definition) is 8. The van der Waals surface area contributed by atoms with Crippen molar-refractivity contribution in [3.05, 3.63) is 48.5 Å². The number of anilines is 3. The van der Waals surface area contributed by atoms with Crippen LogP contribution < -0.4 is 15.0 Å². The summed E-state index contributed by atoms with van der Waals surface area (Å²) in [4.78, 5) is 10.3. The smallest absolute Gasteiger partial charge is 0.227 e. The topological polar surface area (TPSA) is 85.3 Å². The van der Waals surface area contributed by atoms with Gasteiger partial charge in [0.25, 0.3) is 0 Å². The fraction of sp³-hybridized carbons (Fsp3) is 0.263. The normalized spacial score (nSPS) is 14.0. The van der Waals surface area contributed by atoms with Gasteiger partial charge in [0.05, 0.1) is 32.7 Å². The zero-order valence-corrected chi connectivity index (χ0v) is 15.3. The van der Waals surface area contributed by atoms with Crippen molar-refractivity contribution in [1.29, 1.82) is 0 Å². The molecule has 3 aromatic rings. The molecule has 0 radical (unpaired) electrons. The molecule has 1 aliphatic heterocycles. The fourth-order valence-electron chi connectivity index (χ4n) is 2.85. The summed E-state index contributed by atoms with van der Waals surface area (Å²) in [5.41, 5.74) is 1.78. The maximum atomic E-state index is 14.2. The van der Waals surface area contributed by atoms with Crippen LogP contribution in [-0.4, -0.2) is 53.6 Å². The summed E-state index contributed by atoms with van der Waals surface area (Å²) in [6, 6.07) is 9.34. The predicted octanol–water partition coefficient (Wildman–Crippen LogP) is 2.66. The van der Waals surface area contributed by atoms with Crippen molar-refractivity contribution < 1.29 is 13.9 Å². The molecular formula is C19H19FN6O2. The third kappa shape index (κ3) is 3.99. The third-order valence-electron chi connectivity index (χ3n) is 4.35. The quantitative estimate of drug-likeness (QED) is 0.721. The van der Waals surface area contributed by atoms with Crippen LogP contribution >= 0.6 is 0 Å². The van der Waals surface area contributed by atoms with E-state index >= 15 is 0 Å². The van der Waals surface area contributed by atoms with Gasteiger partial charge in [-0.25, -0.2) is 9.37 Å². The summed E-state index contributed by atoms with van der Waals surface area (Å²) in [5, 5.41) is 10.9. The standard InChI is InChI=1S/C19H19FN6O2/c1-27-15-4-2-13(3-5-15)14-10-17(25-22-11-14)23-18-16(20)12-21-19(24-18)26-6-8-28-9-7-26/h2-5,10-12H,6-9H2,1H3,(H,21,23,24,25). The second kappa shape index (κ2) is 8.13. The van der Waals surface area contributed by atoms with Crippen LogP contribution in [0.5, 0.6) is 5.75 Å². The summed E-state index contributed by atoms with van der Waals surface area (Å²) in [6.07, 6.45) is 2.80. The molecule has 0 saturated carbocycles. The van der Waals surface area contributed by atoms with Crippen molar-refractivity contribution in [2.45, 2.75) is 0 Å². The van der Waals surface area contributed by atoms with Gasteiger partial charge in [-0.3, -0.25) is 0 Å². The van der Waals surface area contributed by atoms with Gasteiger partial charge in [0.1, 0.15) is 5.75 Å². The first-order chi connectivity index (χ1) is 13.7. The zero-order chi connectivity index (χ0) is 19.3. The summed E-state index contributed by atoms with van der Waals surface area (Å²) in [7, 11) is 1.62. The van der Waals surface area contributed by atoms with Gasteiger partial charge >= 0.3 is 0 Å². The molecule has 0 atom stereocenters. The molecule has 0 spiro atoms. The van der Waals surface area contributed by atoms with E-state index in [0.717, 1.165) is 23.1 Å². The number of nitrogens with zero attached hydrogens (tertiary/aromatic N) is 5. The number of rotatable bonds is 5. The van der Waals surface area contributed by atoms with Crippen molar-refractivity contribution in [2.75, 3.05) is 43.6 Å². The van der Waals surface area contributed by atoms with E-state index in [0.29, 0.717) is 38.1 Å². The number of halogens is 1. The van der Waals surface area contributed by atoms with E-state index < -0.39 is 5.82 Å².